The molecule has 104 valence electrons. The molecule has 0 bridgehead atoms. The van der Waals surface area contributed by atoms with Crippen molar-refractivity contribution in [2.75, 3.05) is 26.2 Å². The topological polar surface area (TPSA) is 69.6 Å². The van der Waals surface area contributed by atoms with E-state index in [0.29, 0.717) is 11.4 Å². The SMILES string of the molecule is CC1CNCC1C(=O)N(CC(=O)O)CC(F)(F)F. The molecule has 0 radical (unpaired) electrons. The number of carbonyl (C=O) groups is 2. The Balaban J connectivity index is 2.75. The fourth-order valence-electron chi connectivity index (χ4n) is 1.97. The highest BCUT2D eigenvalue weighted by molar-refractivity contribution is 5.83. The molecule has 1 heterocycles. The summed E-state index contributed by atoms with van der Waals surface area (Å²) >= 11 is 0. The Bertz CT molecular complexity index is 333. The summed E-state index contributed by atoms with van der Waals surface area (Å²) in [6, 6.07) is 0. The zero-order chi connectivity index (χ0) is 13.9. The Morgan fingerprint density at radius 3 is 2.39 bits per heavy atom. The van der Waals surface area contributed by atoms with Crippen LogP contribution in [0.4, 0.5) is 13.2 Å². The molecular formula is C10H15F3N2O3. The highest BCUT2D eigenvalue weighted by Crippen LogP contribution is 2.22. The number of rotatable bonds is 4. The van der Waals surface area contributed by atoms with Crippen molar-refractivity contribution in [3.63, 3.8) is 0 Å². The molecule has 0 aliphatic carbocycles. The lowest BCUT2D eigenvalue weighted by Crippen LogP contribution is -2.46. The Morgan fingerprint density at radius 2 is 2.00 bits per heavy atom. The van der Waals surface area contributed by atoms with E-state index < -0.39 is 37.1 Å². The molecule has 1 fully saturated rings. The van der Waals surface area contributed by atoms with Crippen LogP contribution in [0, 0.1) is 11.8 Å². The number of nitrogens with zero attached hydrogens (tertiary/aromatic N) is 1. The smallest absolute Gasteiger partial charge is 0.406 e. The second-order valence-electron chi connectivity index (χ2n) is 4.45. The summed E-state index contributed by atoms with van der Waals surface area (Å²) in [6.45, 7) is 0.120. The molecule has 1 rings (SSSR count). The third-order valence-corrected chi connectivity index (χ3v) is 2.84. The molecule has 0 aromatic carbocycles. The molecule has 0 spiro atoms. The van der Waals surface area contributed by atoms with Gasteiger partial charge in [0.05, 0.1) is 5.92 Å². The van der Waals surface area contributed by atoms with Crippen molar-refractivity contribution in [2.45, 2.75) is 13.1 Å². The fraction of sp³-hybridized carbons (Fsp3) is 0.800. The van der Waals surface area contributed by atoms with Gasteiger partial charge in [-0.3, -0.25) is 9.59 Å². The zero-order valence-electron chi connectivity index (χ0n) is 9.83. The average Bonchev–Trinajstić information content (AvgIpc) is 2.59. The van der Waals surface area contributed by atoms with Gasteiger partial charge in [0.2, 0.25) is 5.91 Å². The predicted octanol–water partition coefficient (Wildman–Crippen LogP) is 0.317. The molecule has 1 amide bonds. The van der Waals surface area contributed by atoms with Crippen LogP contribution in [0.1, 0.15) is 6.92 Å². The highest BCUT2D eigenvalue weighted by Gasteiger charge is 2.39. The minimum atomic E-state index is -4.60. The predicted molar refractivity (Wildman–Crippen MR) is 55.8 cm³/mol. The van der Waals surface area contributed by atoms with Gasteiger partial charge in [0, 0.05) is 6.54 Å². The van der Waals surface area contributed by atoms with Gasteiger partial charge >= 0.3 is 12.1 Å². The normalized spacial score (nSPS) is 24.0. The van der Waals surface area contributed by atoms with Crippen LogP contribution in [-0.4, -0.2) is 54.2 Å². The van der Waals surface area contributed by atoms with Crippen LogP contribution in [0.3, 0.4) is 0 Å². The number of alkyl halides is 3. The summed E-state index contributed by atoms with van der Waals surface area (Å²) in [7, 11) is 0. The number of carbonyl (C=O) groups excluding carboxylic acids is 1. The van der Waals surface area contributed by atoms with E-state index in [1.807, 2.05) is 0 Å². The number of nitrogens with one attached hydrogen (secondary N) is 1. The standard InChI is InChI=1S/C10H15F3N2O3/c1-6-2-14-3-7(6)9(18)15(4-8(16)17)5-10(11,12)13/h6-7,14H,2-5H2,1H3,(H,16,17). The van der Waals surface area contributed by atoms with E-state index in [0.717, 1.165) is 0 Å². The lowest BCUT2D eigenvalue weighted by atomic mass is 9.96. The summed E-state index contributed by atoms with van der Waals surface area (Å²) < 4.78 is 36.9. The molecule has 0 saturated carbocycles. The minimum Gasteiger partial charge on any atom is -0.480 e. The van der Waals surface area contributed by atoms with Crippen molar-refractivity contribution in [2.24, 2.45) is 11.8 Å². The Hall–Kier alpha value is -1.31. The lowest BCUT2D eigenvalue weighted by Gasteiger charge is -2.26. The molecule has 18 heavy (non-hydrogen) atoms. The Morgan fingerprint density at radius 1 is 1.39 bits per heavy atom. The van der Waals surface area contributed by atoms with Crippen molar-refractivity contribution in [3.05, 3.63) is 0 Å². The maximum absolute atomic E-state index is 12.3. The number of carboxylic acids is 1. The highest BCUT2D eigenvalue weighted by atomic mass is 19.4. The van der Waals surface area contributed by atoms with E-state index in [1.54, 1.807) is 6.92 Å². The van der Waals surface area contributed by atoms with Gasteiger partial charge in [-0.1, -0.05) is 6.92 Å². The van der Waals surface area contributed by atoms with Crippen LogP contribution < -0.4 is 5.32 Å². The number of hydrogen-bond acceptors (Lipinski definition) is 3. The summed E-state index contributed by atoms with van der Waals surface area (Å²) in [5.41, 5.74) is 0. The second kappa shape index (κ2) is 5.55. The third-order valence-electron chi connectivity index (χ3n) is 2.84. The molecule has 2 atom stereocenters. The van der Waals surface area contributed by atoms with Crippen molar-refractivity contribution in [1.29, 1.82) is 0 Å². The van der Waals surface area contributed by atoms with Crippen LogP contribution >= 0.6 is 0 Å². The van der Waals surface area contributed by atoms with Crippen LogP contribution in [0.15, 0.2) is 0 Å². The minimum absolute atomic E-state index is 0.0953. The first-order valence-corrected chi connectivity index (χ1v) is 5.48. The first-order valence-electron chi connectivity index (χ1n) is 5.48. The first-order chi connectivity index (χ1) is 8.20. The quantitative estimate of drug-likeness (QED) is 0.770. The molecule has 2 unspecified atom stereocenters. The molecule has 0 aromatic rings. The third kappa shape index (κ3) is 4.17. The molecule has 2 N–H and O–H groups in total. The van der Waals surface area contributed by atoms with Crippen molar-refractivity contribution in [3.8, 4) is 0 Å². The summed E-state index contributed by atoms with van der Waals surface area (Å²) in [6.07, 6.45) is -4.60. The van der Waals surface area contributed by atoms with E-state index >= 15 is 0 Å². The molecule has 1 saturated heterocycles. The number of carboxylic acid groups (broad SMARTS) is 1. The van der Waals surface area contributed by atoms with Gasteiger partial charge in [0.1, 0.15) is 13.1 Å². The van der Waals surface area contributed by atoms with Crippen molar-refractivity contribution < 1.29 is 27.9 Å². The van der Waals surface area contributed by atoms with E-state index in [1.165, 1.54) is 0 Å². The molecule has 1 aliphatic rings. The number of halogens is 3. The van der Waals surface area contributed by atoms with E-state index in [9.17, 15) is 22.8 Å². The number of hydrogen-bond donors (Lipinski definition) is 2. The number of aliphatic carboxylic acids is 1. The summed E-state index contributed by atoms with van der Waals surface area (Å²) in [5.74, 6) is -2.90. The maximum atomic E-state index is 12.3. The summed E-state index contributed by atoms with van der Waals surface area (Å²) in [5, 5.41) is 11.5. The lowest BCUT2D eigenvalue weighted by molar-refractivity contribution is -0.168. The van der Waals surface area contributed by atoms with E-state index in [-0.39, 0.29) is 12.5 Å². The van der Waals surface area contributed by atoms with E-state index in [2.05, 4.69) is 5.32 Å². The van der Waals surface area contributed by atoms with Gasteiger partial charge in [0.25, 0.3) is 0 Å². The van der Waals surface area contributed by atoms with Gasteiger partial charge in [-0.15, -0.1) is 0 Å². The molecular weight excluding hydrogens is 253 g/mol. The van der Waals surface area contributed by atoms with Gasteiger partial charge in [-0.25, -0.2) is 0 Å². The molecule has 1 aliphatic heterocycles. The van der Waals surface area contributed by atoms with Gasteiger partial charge in [-0.05, 0) is 12.5 Å². The van der Waals surface area contributed by atoms with Gasteiger partial charge in [-0.2, -0.15) is 13.2 Å². The van der Waals surface area contributed by atoms with Gasteiger partial charge in [0.15, 0.2) is 0 Å². The zero-order valence-corrected chi connectivity index (χ0v) is 9.83. The first kappa shape index (κ1) is 14.7. The fourth-order valence-corrected chi connectivity index (χ4v) is 1.97. The van der Waals surface area contributed by atoms with Crippen LogP contribution in [0.25, 0.3) is 0 Å². The average molecular weight is 268 g/mol. The maximum Gasteiger partial charge on any atom is 0.406 e. The largest absolute Gasteiger partial charge is 0.480 e. The van der Waals surface area contributed by atoms with E-state index in [4.69, 9.17) is 5.11 Å². The number of amides is 1. The van der Waals surface area contributed by atoms with Crippen molar-refractivity contribution >= 4 is 11.9 Å². The molecule has 0 aromatic heterocycles. The van der Waals surface area contributed by atoms with Crippen LogP contribution in [0.5, 0.6) is 0 Å². The Labute approximate surface area is 102 Å². The van der Waals surface area contributed by atoms with Crippen LogP contribution in [-0.2, 0) is 9.59 Å². The second-order valence-corrected chi connectivity index (χ2v) is 4.45. The molecule has 8 heteroatoms. The Kier molecular flexibility index (Phi) is 4.55. The monoisotopic (exact) mass is 268 g/mol. The summed E-state index contributed by atoms with van der Waals surface area (Å²) in [4.78, 5) is 22.8. The van der Waals surface area contributed by atoms with Crippen molar-refractivity contribution in [1.82, 2.24) is 10.2 Å². The van der Waals surface area contributed by atoms with Crippen LogP contribution in [0.2, 0.25) is 0 Å². The molecule has 5 nitrogen and oxygen atoms in total. The van der Waals surface area contributed by atoms with Gasteiger partial charge < -0.3 is 15.3 Å².